The Kier molecular flexibility index (Phi) is 5.95. The van der Waals surface area contributed by atoms with Gasteiger partial charge in [0.05, 0.1) is 5.41 Å². The summed E-state index contributed by atoms with van der Waals surface area (Å²) in [6.45, 7) is 4.71. The zero-order valence-corrected chi connectivity index (χ0v) is 12.7. The van der Waals surface area contributed by atoms with Crippen molar-refractivity contribution in [2.45, 2.75) is 32.1 Å². The third kappa shape index (κ3) is 4.30. The van der Waals surface area contributed by atoms with E-state index in [4.69, 9.17) is 0 Å². The van der Waals surface area contributed by atoms with Gasteiger partial charge in [-0.25, -0.2) is 0 Å². The van der Waals surface area contributed by atoms with E-state index in [9.17, 15) is 4.79 Å². The summed E-state index contributed by atoms with van der Waals surface area (Å²) in [6.07, 6.45) is 2.21. The van der Waals surface area contributed by atoms with Crippen LogP contribution in [0.1, 0.15) is 32.3 Å². The molecule has 17 heavy (non-hydrogen) atoms. The van der Waals surface area contributed by atoms with E-state index in [1.54, 1.807) is 0 Å². The molecule has 3 heteroatoms. The number of rotatable bonds is 6. The predicted molar refractivity (Wildman–Crippen MR) is 80.6 cm³/mol. The summed E-state index contributed by atoms with van der Waals surface area (Å²) in [5, 5.41) is 3.01. The lowest BCUT2D eigenvalue weighted by Crippen LogP contribution is -2.40. The predicted octanol–water partition coefficient (Wildman–Crippen LogP) is 3.30. The van der Waals surface area contributed by atoms with Crippen LogP contribution in [-0.4, -0.2) is 16.9 Å². The summed E-state index contributed by atoms with van der Waals surface area (Å²) in [5.41, 5.74) is 0.609. The maximum atomic E-state index is 12.1. The fourth-order valence-corrected chi connectivity index (χ4v) is 2.17. The number of amides is 1. The van der Waals surface area contributed by atoms with Crippen LogP contribution in [0.3, 0.4) is 0 Å². The molecule has 1 amide bonds. The number of unbranched alkanes of at least 4 members (excludes halogenated alkanes) is 1. The molecular weight excluding hydrogens is 325 g/mol. The maximum absolute atomic E-state index is 12.1. The first-order valence-corrected chi connectivity index (χ1v) is 7.51. The molecule has 1 aromatic rings. The Morgan fingerprint density at radius 2 is 1.88 bits per heavy atom. The highest BCUT2D eigenvalue weighted by Gasteiger charge is 2.28. The van der Waals surface area contributed by atoms with Crippen LogP contribution in [0.4, 0.5) is 0 Å². The number of carbonyl (C=O) groups excluding carboxylic acids is 1. The molecule has 0 saturated carbocycles. The number of halogens is 1. The molecule has 0 unspecified atom stereocenters. The van der Waals surface area contributed by atoms with E-state index in [2.05, 4.69) is 27.9 Å². The summed E-state index contributed by atoms with van der Waals surface area (Å²) in [6, 6.07) is 9.92. The van der Waals surface area contributed by atoms with Gasteiger partial charge in [-0.05, 0) is 36.7 Å². The van der Waals surface area contributed by atoms with Crippen molar-refractivity contribution in [1.29, 1.82) is 0 Å². The van der Waals surface area contributed by atoms with Gasteiger partial charge in [-0.15, -0.1) is 0 Å². The van der Waals surface area contributed by atoms with Crippen LogP contribution in [0, 0.1) is 0 Å². The van der Waals surface area contributed by atoms with Crippen molar-refractivity contribution in [2.24, 2.45) is 0 Å². The first-order chi connectivity index (χ1) is 8.09. The molecule has 0 saturated heterocycles. The van der Waals surface area contributed by atoms with Gasteiger partial charge >= 0.3 is 0 Å². The summed E-state index contributed by atoms with van der Waals surface area (Å²) in [4.78, 5) is 12.1. The Labute approximate surface area is 117 Å². The largest absolute Gasteiger partial charge is 0.355 e. The Balaban J connectivity index is 2.55. The molecule has 1 aromatic carbocycles. The van der Waals surface area contributed by atoms with Gasteiger partial charge in [0.15, 0.2) is 0 Å². The fourth-order valence-electron chi connectivity index (χ4n) is 1.63. The topological polar surface area (TPSA) is 29.1 Å². The van der Waals surface area contributed by atoms with E-state index in [0.29, 0.717) is 0 Å². The minimum Gasteiger partial charge on any atom is -0.355 e. The van der Waals surface area contributed by atoms with Gasteiger partial charge in [-0.3, -0.25) is 4.79 Å². The fraction of sp³-hybridized carbons (Fsp3) is 0.500. The monoisotopic (exact) mass is 345 g/mol. The standard InChI is InChI=1S/C14H20INO/c1-14(2,12-8-4-3-5-9-12)13(17)16-11-7-6-10-15/h3-5,8-9H,6-7,10-11H2,1-2H3,(H,16,17). The van der Waals surface area contributed by atoms with Crippen molar-refractivity contribution in [2.75, 3.05) is 11.0 Å². The van der Waals surface area contributed by atoms with Gasteiger partial charge in [-0.1, -0.05) is 52.9 Å². The molecule has 0 heterocycles. The summed E-state index contributed by atoms with van der Waals surface area (Å²) in [5.74, 6) is 0.108. The zero-order valence-electron chi connectivity index (χ0n) is 10.5. The van der Waals surface area contributed by atoms with Crippen LogP contribution in [0.25, 0.3) is 0 Å². The first kappa shape index (κ1) is 14.5. The van der Waals surface area contributed by atoms with Crippen molar-refractivity contribution in [1.82, 2.24) is 5.32 Å². The van der Waals surface area contributed by atoms with Gasteiger partial charge in [0.1, 0.15) is 0 Å². The second-order valence-electron chi connectivity index (χ2n) is 4.64. The van der Waals surface area contributed by atoms with Crippen LogP contribution in [0.15, 0.2) is 30.3 Å². The molecule has 2 nitrogen and oxygen atoms in total. The maximum Gasteiger partial charge on any atom is 0.230 e. The summed E-state index contributed by atoms with van der Waals surface area (Å²) in [7, 11) is 0. The minimum atomic E-state index is -0.453. The van der Waals surface area contributed by atoms with E-state index in [1.165, 1.54) is 0 Å². The molecular formula is C14H20INO. The van der Waals surface area contributed by atoms with E-state index < -0.39 is 5.41 Å². The molecule has 1 N–H and O–H groups in total. The highest BCUT2D eigenvalue weighted by molar-refractivity contribution is 14.1. The van der Waals surface area contributed by atoms with Crippen LogP contribution in [0.5, 0.6) is 0 Å². The Morgan fingerprint density at radius 1 is 1.24 bits per heavy atom. The van der Waals surface area contributed by atoms with Crippen LogP contribution in [-0.2, 0) is 10.2 Å². The SMILES string of the molecule is CC(C)(C(=O)NCCCCI)c1ccccc1. The molecule has 0 aliphatic carbocycles. The van der Waals surface area contributed by atoms with Gasteiger partial charge in [0.2, 0.25) is 5.91 Å². The molecule has 0 atom stereocenters. The van der Waals surface area contributed by atoms with Crippen molar-refractivity contribution >= 4 is 28.5 Å². The molecule has 94 valence electrons. The average molecular weight is 345 g/mol. The lowest BCUT2D eigenvalue weighted by atomic mass is 9.84. The second-order valence-corrected chi connectivity index (χ2v) is 5.72. The number of hydrogen-bond donors (Lipinski definition) is 1. The molecule has 0 bridgehead atoms. The lowest BCUT2D eigenvalue weighted by molar-refractivity contribution is -0.125. The molecule has 0 aromatic heterocycles. The highest BCUT2D eigenvalue weighted by Crippen LogP contribution is 2.22. The number of carbonyl (C=O) groups is 1. The Hall–Kier alpha value is -0.580. The minimum absolute atomic E-state index is 0.108. The number of alkyl halides is 1. The molecule has 0 radical (unpaired) electrons. The van der Waals surface area contributed by atoms with Crippen molar-refractivity contribution in [3.05, 3.63) is 35.9 Å². The zero-order chi connectivity index (χ0) is 12.7. The molecule has 1 rings (SSSR count). The molecule has 0 spiro atoms. The van der Waals surface area contributed by atoms with Crippen LogP contribution >= 0.6 is 22.6 Å². The van der Waals surface area contributed by atoms with E-state index in [-0.39, 0.29) is 5.91 Å². The Bertz CT molecular complexity index is 348. The van der Waals surface area contributed by atoms with E-state index >= 15 is 0 Å². The van der Waals surface area contributed by atoms with Crippen molar-refractivity contribution < 1.29 is 4.79 Å². The van der Waals surface area contributed by atoms with Crippen LogP contribution < -0.4 is 5.32 Å². The highest BCUT2D eigenvalue weighted by atomic mass is 127. The third-order valence-electron chi connectivity index (χ3n) is 2.91. The van der Waals surface area contributed by atoms with Crippen molar-refractivity contribution in [3.8, 4) is 0 Å². The Morgan fingerprint density at radius 3 is 2.47 bits per heavy atom. The molecule has 0 aliphatic heterocycles. The quantitative estimate of drug-likeness (QED) is 0.478. The van der Waals surface area contributed by atoms with E-state index in [0.717, 1.165) is 29.4 Å². The summed E-state index contributed by atoms with van der Waals surface area (Å²) < 4.78 is 1.15. The van der Waals surface area contributed by atoms with Crippen LogP contribution in [0.2, 0.25) is 0 Å². The number of nitrogens with one attached hydrogen (secondary N) is 1. The number of hydrogen-bond acceptors (Lipinski definition) is 1. The number of benzene rings is 1. The lowest BCUT2D eigenvalue weighted by Gasteiger charge is -2.24. The molecule has 0 aliphatic rings. The average Bonchev–Trinajstić information content (AvgIpc) is 2.35. The van der Waals surface area contributed by atoms with Crippen molar-refractivity contribution in [3.63, 3.8) is 0 Å². The van der Waals surface area contributed by atoms with Gasteiger partial charge < -0.3 is 5.32 Å². The molecule has 0 fully saturated rings. The van der Waals surface area contributed by atoms with E-state index in [1.807, 2.05) is 44.2 Å². The second kappa shape index (κ2) is 6.99. The third-order valence-corrected chi connectivity index (χ3v) is 3.67. The first-order valence-electron chi connectivity index (χ1n) is 5.99. The smallest absolute Gasteiger partial charge is 0.230 e. The van der Waals surface area contributed by atoms with Gasteiger partial charge in [-0.2, -0.15) is 0 Å². The summed E-state index contributed by atoms with van der Waals surface area (Å²) >= 11 is 2.36. The normalized spacial score (nSPS) is 11.2. The van der Waals surface area contributed by atoms with Gasteiger partial charge in [0.25, 0.3) is 0 Å². The van der Waals surface area contributed by atoms with Gasteiger partial charge in [0, 0.05) is 6.54 Å².